The second-order valence-corrected chi connectivity index (χ2v) is 7.99. The molecule has 1 aromatic heterocycles. The Labute approximate surface area is 199 Å². The van der Waals surface area contributed by atoms with Gasteiger partial charge in [0.15, 0.2) is 5.69 Å². The first kappa shape index (κ1) is 23.4. The lowest BCUT2D eigenvalue weighted by atomic mass is 10.2. The maximum absolute atomic E-state index is 13.2. The van der Waals surface area contributed by atoms with Gasteiger partial charge in [-0.05, 0) is 55.3 Å². The predicted octanol–water partition coefficient (Wildman–Crippen LogP) is 3.62. The maximum atomic E-state index is 13.2. The summed E-state index contributed by atoms with van der Waals surface area (Å²) in [6.45, 7) is 1.04. The molecular weight excluding hydrogens is 465 g/mol. The number of rotatable bonds is 7. The number of halogens is 2. The number of hydrogen-bond donors (Lipinski definition) is 4. The number of H-pyrrole nitrogens is 1. The van der Waals surface area contributed by atoms with Crippen molar-refractivity contribution < 1.29 is 23.5 Å². The van der Waals surface area contributed by atoms with Crippen molar-refractivity contribution in [3.8, 4) is 0 Å². The van der Waals surface area contributed by atoms with Crippen LogP contribution in [-0.2, 0) is 4.74 Å². The first-order chi connectivity index (χ1) is 16.4. The van der Waals surface area contributed by atoms with Gasteiger partial charge in [0.1, 0.15) is 11.5 Å². The van der Waals surface area contributed by atoms with E-state index in [2.05, 4.69) is 25.9 Å². The van der Waals surface area contributed by atoms with Crippen LogP contribution in [0.4, 0.5) is 15.8 Å². The Morgan fingerprint density at radius 3 is 2.41 bits per heavy atom. The molecule has 2 heterocycles. The van der Waals surface area contributed by atoms with Gasteiger partial charge in [-0.25, -0.2) is 9.37 Å². The van der Waals surface area contributed by atoms with Crippen molar-refractivity contribution in [2.45, 2.75) is 18.9 Å². The second-order valence-electron chi connectivity index (χ2n) is 7.58. The van der Waals surface area contributed by atoms with Crippen LogP contribution >= 0.6 is 11.6 Å². The fourth-order valence-corrected chi connectivity index (χ4v) is 3.69. The molecule has 0 spiro atoms. The van der Waals surface area contributed by atoms with Gasteiger partial charge in [-0.3, -0.25) is 14.4 Å². The van der Waals surface area contributed by atoms with Crippen molar-refractivity contribution in [2.24, 2.45) is 0 Å². The molecule has 1 unspecified atom stereocenters. The predicted molar refractivity (Wildman–Crippen MR) is 124 cm³/mol. The zero-order chi connectivity index (χ0) is 24.1. The third-order valence-electron chi connectivity index (χ3n) is 5.17. The molecular formula is C23H21ClFN5O4. The number of nitrogens with zero attached hydrogens (tertiary/aromatic N) is 1. The van der Waals surface area contributed by atoms with Gasteiger partial charge >= 0.3 is 0 Å². The lowest BCUT2D eigenvalue weighted by Crippen LogP contribution is -2.33. The fourth-order valence-electron chi connectivity index (χ4n) is 3.44. The van der Waals surface area contributed by atoms with E-state index in [-0.39, 0.29) is 28.1 Å². The molecule has 4 N–H and O–H groups in total. The van der Waals surface area contributed by atoms with E-state index in [1.807, 2.05) is 0 Å². The van der Waals surface area contributed by atoms with E-state index in [1.165, 1.54) is 12.4 Å². The number of ether oxygens (including phenoxy) is 1. The summed E-state index contributed by atoms with van der Waals surface area (Å²) in [7, 11) is 0. The van der Waals surface area contributed by atoms with Crippen LogP contribution in [0, 0.1) is 5.82 Å². The van der Waals surface area contributed by atoms with Gasteiger partial charge in [0.2, 0.25) is 0 Å². The number of amides is 3. The van der Waals surface area contributed by atoms with E-state index in [0.717, 1.165) is 25.0 Å². The Balaban J connectivity index is 1.35. The highest BCUT2D eigenvalue weighted by atomic mass is 35.5. The number of benzene rings is 2. The minimum absolute atomic E-state index is 0.00371. The Morgan fingerprint density at radius 2 is 1.76 bits per heavy atom. The first-order valence-corrected chi connectivity index (χ1v) is 10.9. The second kappa shape index (κ2) is 10.4. The molecule has 4 rings (SSSR count). The van der Waals surface area contributed by atoms with Gasteiger partial charge in [0.25, 0.3) is 17.7 Å². The van der Waals surface area contributed by atoms with Gasteiger partial charge in [0, 0.05) is 24.5 Å². The Morgan fingerprint density at radius 1 is 1.06 bits per heavy atom. The molecule has 1 saturated heterocycles. The molecule has 1 aliphatic rings. The van der Waals surface area contributed by atoms with Crippen molar-refractivity contribution >= 4 is 40.7 Å². The average molecular weight is 486 g/mol. The number of aromatic amines is 1. The van der Waals surface area contributed by atoms with E-state index in [1.54, 1.807) is 24.3 Å². The standard InChI is InChI=1S/C23H21ClFN5O4/c24-18-10-13(25)3-8-17(18)21(31)29-14-4-6-15(7-5-14)30-23(33)20-19(27-12-28-20)22(32)26-11-16-2-1-9-34-16/h3-8,10,12,16H,1-2,9,11H2,(H,26,32)(H,27,28)(H,29,31)(H,30,33). The van der Waals surface area contributed by atoms with E-state index >= 15 is 0 Å². The van der Waals surface area contributed by atoms with Crippen LogP contribution in [-0.4, -0.2) is 46.9 Å². The summed E-state index contributed by atoms with van der Waals surface area (Å²) in [4.78, 5) is 44.1. The first-order valence-electron chi connectivity index (χ1n) is 10.5. The van der Waals surface area contributed by atoms with Crippen LogP contribution in [0.5, 0.6) is 0 Å². The summed E-state index contributed by atoms with van der Waals surface area (Å²) in [5.74, 6) is -2.06. The summed E-state index contributed by atoms with van der Waals surface area (Å²) >= 11 is 5.92. The van der Waals surface area contributed by atoms with Crippen molar-refractivity contribution in [3.05, 3.63) is 76.6 Å². The van der Waals surface area contributed by atoms with Crippen molar-refractivity contribution in [2.75, 3.05) is 23.8 Å². The smallest absolute Gasteiger partial charge is 0.276 e. The number of hydrogen-bond acceptors (Lipinski definition) is 5. The molecule has 1 fully saturated rings. The minimum Gasteiger partial charge on any atom is -0.376 e. The number of carbonyl (C=O) groups is 3. The minimum atomic E-state index is -0.571. The third-order valence-corrected chi connectivity index (χ3v) is 5.48. The zero-order valence-corrected chi connectivity index (χ0v) is 18.6. The Hall–Kier alpha value is -3.76. The molecule has 0 bridgehead atoms. The SMILES string of the molecule is O=C(Nc1ccc(NC(=O)c2nc[nH]c2C(=O)NCC2CCCO2)cc1)c1ccc(F)cc1Cl. The largest absolute Gasteiger partial charge is 0.376 e. The van der Waals surface area contributed by atoms with Crippen molar-refractivity contribution in [1.29, 1.82) is 0 Å². The summed E-state index contributed by atoms with van der Waals surface area (Å²) in [6.07, 6.45) is 3.09. The Kier molecular flexibility index (Phi) is 7.19. The molecule has 11 heteroatoms. The highest BCUT2D eigenvalue weighted by Crippen LogP contribution is 2.20. The Bertz CT molecular complexity index is 1210. The maximum Gasteiger partial charge on any atom is 0.276 e. The molecule has 0 radical (unpaired) electrons. The molecule has 34 heavy (non-hydrogen) atoms. The molecule has 1 atom stereocenters. The summed E-state index contributed by atoms with van der Waals surface area (Å²) in [5.41, 5.74) is 1.00. The molecule has 3 amide bonds. The van der Waals surface area contributed by atoms with E-state index < -0.39 is 23.5 Å². The molecule has 2 aromatic carbocycles. The number of aromatic nitrogens is 2. The number of anilines is 2. The molecule has 3 aromatic rings. The molecule has 176 valence electrons. The van der Waals surface area contributed by atoms with Crippen LogP contribution < -0.4 is 16.0 Å². The van der Waals surface area contributed by atoms with E-state index in [9.17, 15) is 18.8 Å². The molecule has 0 saturated carbocycles. The molecule has 0 aliphatic carbocycles. The number of nitrogens with one attached hydrogen (secondary N) is 4. The van der Waals surface area contributed by atoms with Crippen LogP contribution in [0.3, 0.4) is 0 Å². The van der Waals surface area contributed by atoms with Gasteiger partial charge in [0.05, 0.1) is 23.0 Å². The van der Waals surface area contributed by atoms with Crippen molar-refractivity contribution in [1.82, 2.24) is 15.3 Å². The summed E-state index contributed by atoms with van der Waals surface area (Å²) in [5, 5.41) is 8.05. The summed E-state index contributed by atoms with van der Waals surface area (Å²) in [6, 6.07) is 9.79. The van der Waals surface area contributed by atoms with E-state index in [4.69, 9.17) is 16.3 Å². The monoisotopic (exact) mass is 485 g/mol. The fraction of sp³-hybridized carbons (Fsp3) is 0.217. The quantitative estimate of drug-likeness (QED) is 0.407. The van der Waals surface area contributed by atoms with Gasteiger partial charge < -0.3 is 25.7 Å². The summed E-state index contributed by atoms with van der Waals surface area (Å²) < 4.78 is 18.7. The van der Waals surface area contributed by atoms with Crippen LogP contribution in [0.25, 0.3) is 0 Å². The highest BCUT2D eigenvalue weighted by molar-refractivity contribution is 6.34. The van der Waals surface area contributed by atoms with E-state index in [0.29, 0.717) is 24.5 Å². The molecule has 9 nitrogen and oxygen atoms in total. The number of imidazole rings is 1. The van der Waals surface area contributed by atoms with Crippen LogP contribution in [0.2, 0.25) is 5.02 Å². The lowest BCUT2D eigenvalue weighted by molar-refractivity contribution is 0.0849. The normalized spacial score (nSPS) is 15.1. The molecule has 1 aliphatic heterocycles. The third kappa shape index (κ3) is 5.59. The van der Waals surface area contributed by atoms with Crippen LogP contribution in [0.1, 0.15) is 44.2 Å². The highest BCUT2D eigenvalue weighted by Gasteiger charge is 2.22. The van der Waals surface area contributed by atoms with Gasteiger partial charge in [-0.15, -0.1) is 0 Å². The van der Waals surface area contributed by atoms with Crippen molar-refractivity contribution in [3.63, 3.8) is 0 Å². The average Bonchev–Trinajstić information content (AvgIpc) is 3.51. The topological polar surface area (TPSA) is 125 Å². The van der Waals surface area contributed by atoms with Gasteiger partial charge in [-0.1, -0.05) is 11.6 Å². The lowest BCUT2D eigenvalue weighted by Gasteiger charge is -2.11. The zero-order valence-electron chi connectivity index (χ0n) is 17.9. The van der Waals surface area contributed by atoms with Crippen LogP contribution in [0.15, 0.2) is 48.8 Å². The number of carbonyl (C=O) groups excluding carboxylic acids is 3. The van der Waals surface area contributed by atoms with Gasteiger partial charge in [-0.2, -0.15) is 0 Å².